The van der Waals surface area contributed by atoms with E-state index in [9.17, 15) is 5.26 Å². The molecule has 0 unspecified atom stereocenters. The molecule has 0 aliphatic carbocycles. The van der Waals surface area contributed by atoms with Crippen molar-refractivity contribution in [1.82, 2.24) is 24.8 Å². The lowest BCUT2D eigenvalue weighted by atomic mass is 10.2. The number of anilines is 1. The lowest BCUT2D eigenvalue weighted by Gasteiger charge is -2.32. The molecular formula is C21H22ClN7. The van der Waals surface area contributed by atoms with E-state index in [1.165, 1.54) is 0 Å². The topological polar surface area (TPSA) is 81.0 Å². The maximum Gasteiger partial charge on any atom is 0.155 e. The van der Waals surface area contributed by atoms with Gasteiger partial charge in [0.1, 0.15) is 11.8 Å². The molecule has 0 bridgehead atoms. The molecule has 7 nitrogen and oxygen atoms in total. The number of pyridine rings is 1. The minimum absolute atomic E-state index is 0.378. The zero-order valence-corrected chi connectivity index (χ0v) is 17.0. The summed E-state index contributed by atoms with van der Waals surface area (Å²) in [4.78, 5) is 18.7. The van der Waals surface area contributed by atoms with Crippen LogP contribution in [0.1, 0.15) is 5.56 Å². The minimum atomic E-state index is 0.378. The highest BCUT2D eigenvalue weighted by Crippen LogP contribution is 2.28. The summed E-state index contributed by atoms with van der Waals surface area (Å²) in [7, 11) is 2.16. The van der Waals surface area contributed by atoms with E-state index in [0.29, 0.717) is 33.1 Å². The summed E-state index contributed by atoms with van der Waals surface area (Å²) >= 11 is 6.20. The molecule has 29 heavy (non-hydrogen) atoms. The van der Waals surface area contributed by atoms with Crippen molar-refractivity contribution < 1.29 is 0 Å². The number of hydrogen-bond acceptors (Lipinski definition) is 7. The average molecular weight is 408 g/mol. The van der Waals surface area contributed by atoms with Crippen LogP contribution in [0.2, 0.25) is 5.02 Å². The number of rotatable bonds is 5. The number of aromatic nitrogens is 3. The van der Waals surface area contributed by atoms with Crippen LogP contribution >= 0.6 is 11.6 Å². The number of fused-ring (bicyclic) bond motifs is 1. The minimum Gasteiger partial charge on any atom is -0.367 e. The second kappa shape index (κ2) is 8.70. The third-order valence-corrected chi connectivity index (χ3v) is 5.41. The van der Waals surface area contributed by atoms with E-state index >= 15 is 0 Å². The highest BCUT2D eigenvalue weighted by molar-refractivity contribution is 6.32. The Morgan fingerprint density at radius 1 is 1.14 bits per heavy atom. The highest BCUT2D eigenvalue weighted by Gasteiger charge is 2.16. The van der Waals surface area contributed by atoms with Gasteiger partial charge in [0, 0.05) is 45.5 Å². The van der Waals surface area contributed by atoms with Crippen LogP contribution in [0.4, 0.5) is 5.82 Å². The molecule has 148 valence electrons. The summed E-state index contributed by atoms with van der Waals surface area (Å²) in [6, 6.07) is 11.2. The third-order valence-electron chi connectivity index (χ3n) is 5.10. The van der Waals surface area contributed by atoms with Gasteiger partial charge in [0.05, 0.1) is 27.3 Å². The molecule has 0 spiro atoms. The molecule has 1 aromatic carbocycles. The van der Waals surface area contributed by atoms with Crippen LogP contribution in [0.15, 0.2) is 36.5 Å². The lowest BCUT2D eigenvalue weighted by Crippen LogP contribution is -2.45. The van der Waals surface area contributed by atoms with E-state index in [1.54, 1.807) is 18.3 Å². The third kappa shape index (κ3) is 4.46. The first-order valence-electron chi connectivity index (χ1n) is 9.61. The van der Waals surface area contributed by atoms with Gasteiger partial charge in [0.15, 0.2) is 5.82 Å². The Balaban J connectivity index is 1.62. The van der Waals surface area contributed by atoms with Crippen molar-refractivity contribution in [2.24, 2.45) is 0 Å². The number of likely N-dealkylation sites (N-methyl/N-ethyl adjacent to an activating group) is 1. The SMILES string of the molecule is CN1CCN(CCNc2nc3cc(Cl)c(C#N)cc3nc2-c2ccccn2)CC1. The molecule has 0 amide bonds. The molecule has 0 atom stereocenters. The largest absolute Gasteiger partial charge is 0.367 e. The predicted octanol–water partition coefficient (Wildman–Crippen LogP) is 2.88. The second-order valence-electron chi connectivity index (χ2n) is 7.14. The van der Waals surface area contributed by atoms with Gasteiger partial charge in [0.25, 0.3) is 0 Å². The van der Waals surface area contributed by atoms with E-state index in [1.807, 2.05) is 18.2 Å². The van der Waals surface area contributed by atoms with Crippen molar-refractivity contribution in [3.8, 4) is 17.5 Å². The number of nitriles is 1. The first-order valence-corrected chi connectivity index (χ1v) is 9.99. The summed E-state index contributed by atoms with van der Waals surface area (Å²) in [5.74, 6) is 0.672. The Hall–Kier alpha value is -2.79. The number of hydrogen-bond donors (Lipinski definition) is 1. The molecule has 1 saturated heterocycles. The summed E-state index contributed by atoms with van der Waals surface area (Å²) in [5.41, 5.74) is 3.06. The molecule has 4 rings (SSSR count). The predicted molar refractivity (Wildman–Crippen MR) is 115 cm³/mol. The van der Waals surface area contributed by atoms with E-state index in [0.717, 1.165) is 45.0 Å². The average Bonchev–Trinajstić information content (AvgIpc) is 2.75. The smallest absolute Gasteiger partial charge is 0.155 e. The van der Waals surface area contributed by atoms with Gasteiger partial charge in [-0.15, -0.1) is 0 Å². The van der Waals surface area contributed by atoms with Gasteiger partial charge < -0.3 is 10.2 Å². The van der Waals surface area contributed by atoms with Crippen LogP contribution in [0.25, 0.3) is 22.4 Å². The first kappa shape index (κ1) is 19.5. The van der Waals surface area contributed by atoms with Crippen LogP contribution in [0, 0.1) is 11.3 Å². The molecule has 1 aliphatic heterocycles. The zero-order valence-electron chi connectivity index (χ0n) is 16.3. The standard InChI is InChI=1S/C21H22ClN7/c1-28-8-10-29(11-9-28)7-6-25-21-20(17-4-2-3-5-24-17)26-18-12-15(14-23)16(22)13-19(18)27-21/h2-5,12-13H,6-11H2,1H3,(H,25,27). The molecule has 1 fully saturated rings. The van der Waals surface area contributed by atoms with Crippen molar-refractivity contribution in [3.63, 3.8) is 0 Å². The van der Waals surface area contributed by atoms with Crippen molar-refractivity contribution >= 4 is 28.5 Å². The Bertz CT molecular complexity index is 1040. The number of nitrogens with one attached hydrogen (secondary N) is 1. The van der Waals surface area contributed by atoms with Gasteiger partial charge in [0.2, 0.25) is 0 Å². The zero-order chi connectivity index (χ0) is 20.2. The van der Waals surface area contributed by atoms with Crippen molar-refractivity contribution in [3.05, 3.63) is 47.1 Å². The maximum atomic E-state index is 9.26. The van der Waals surface area contributed by atoms with Gasteiger partial charge in [-0.1, -0.05) is 17.7 Å². The fourth-order valence-electron chi connectivity index (χ4n) is 3.37. The van der Waals surface area contributed by atoms with Crippen molar-refractivity contribution in [1.29, 1.82) is 5.26 Å². The first-order chi connectivity index (χ1) is 14.1. The summed E-state index contributed by atoms with van der Waals surface area (Å²) in [6.07, 6.45) is 1.73. The molecular weight excluding hydrogens is 386 g/mol. The summed E-state index contributed by atoms with van der Waals surface area (Å²) in [5, 5.41) is 13.1. The molecule has 8 heteroatoms. The number of piperazine rings is 1. The van der Waals surface area contributed by atoms with Crippen LogP contribution < -0.4 is 5.32 Å². The fourth-order valence-corrected chi connectivity index (χ4v) is 3.57. The number of halogens is 1. The van der Waals surface area contributed by atoms with Crippen LogP contribution in [0.5, 0.6) is 0 Å². The van der Waals surface area contributed by atoms with Crippen LogP contribution in [0.3, 0.4) is 0 Å². The van der Waals surface area contributed by atoms with Crippen LogP contribution in [-0.2, 0) is 0 Å². The van der Waals surface area contributed by atoms with Gasteiger partial charge in [-0.05, 0) is 31.3 Å². The van der Waals surface area contributed by atoms with Gasteiger partial charge in [-0.2, -0.15) is 5.26 Å². The number of nitrogens with zero attached hydrogens (tertiary/aromatic N) is 6. The Kier molecular flexibility index (Phi) is 5.86. The van der Waals surface area contributed by atoms with Crippen molar-refractivity contribution in [2.75, 3.05) is 51.6 Å². The number of benzene rings is 1. The molecule has 2 aromatic heterocycles. The van der Waals surface area contributed by atoms with E-state index in [4.69, 9.17) is 21.6 Å². The van der Waals surface area contributed by atoms with Gasteiger partial charge in [-0.25, -0.2) is 9.97 Å². The molecule has 0 saturated carbocycles. The maximum absolute atomic E-state index is 9.26. The monoisotopic (exact) mass is 407 g/mol. The lowest BCUT2D eigenvalue weighted by molar-refractivity contribution is 0.158. The Morgan fingerprint density at radius 2 is 1.93 bits per heavy atom. The van der Waals surface area contributed by atoms with E-state index in [-0.39, 0.29) is 0 Å². The summed E-state index contributed by atoms with van der Waals surface area (Å²) < 4.78 is 0. The highest BCUT2D eigenvalue weighted by atomic mass is 35.5. The molecule has 0 radical (unpaired) electrons. The van der Waals surface area contributed by atoms with E-state index < -0.39 is 0 Å². The fraction of sp³-hybridized carbons (Fsp3) is 0.333. The summed E-state index contributed by atoms with van der Waals surface area (Å²) in [6.45, 7) is 6.02. The molecule has 1 aliphatic rings. The quantitative estimate of drug-likeness (QED) is 0.696. The van der Waals surface area contributed by atoms with Gasteiger partial charge >= 0.3 is 0 Å². The van der Waals surface area contributed by atoms with Gasteiger partial charge in [-0.3, -0.25) is 9.88 Å². The van der Waals surface area contributed by atoms with Crippen molar-refractivity contribution in [2.45, 2.75) is 0 Å². The molecule has 3 aromatic rings. The normalized spacial score (nSPS) is 15.3. The van der Waals surface area contributed by atoms with E-state index in [2.05, 4.69) is 33.2 Å². The Morgan fingerprint density at radius 3 is 2.66 bits per heavy atom. The molecule has 1 N–H and O–H groups in total. The van der Waals surface area contributed by atoms with Crippen LogP contribution in [-0.4, -0.2) is 71.1 Å². The Labute approximate surface area is 175 Å². The second-order valence-corrected chi connectivity index (χ2v) is 7.55. The molecule has 3 heterocycles.